The number of methoxy groups -OCH3 is 1. The Morgan fingerprint density at radius 2 is 1.72 bits per heavy atom. The van der Waals surface area contributed by atoms with Crippen LogP contribution in [0.25, 0.3) is 0 Å². The standard InChI is InChI=1S/C24H30N2O5S/c1-30-21-12-14-23(15-13-21)32(28,29)25-26-16-2-4-20(26)5-3-17-31-22-10-8-19(9-11-22)24(27)18-6-7-18/h8-15,18,20,25H,2-7,16-17H2,1H3/t20-/m1/s1. The molecule has 2 aliphatic rings. The molecule has 2 fully saturated rings. The van der Waals surface area contributed by atoms with Crippen molar-refractivity contribution in [2.45, 2.75) is 49.5 Å². The number of hydrogen-bond acceptors (Lipinski definition) is 6. The molecule has 7 nitrogen and oxygen atoms in total. The predicted octanol–water partition coefficient (Wildman–Crippen LogP) is 3.80. The average molecular weight is 459 g/mol. The first kappa shape index (κ1) is 22.8. The van der Waals surface area contributed by atoms with Gasteiger partial charge < -0.3 is 9.47 Å². The maximum atomic E-state index is 12.7. The number of Topliss-reactive ketones (excluding diaryl/α,β-unsaturated/α-hetero) is 1. The molecular weight excluding hydrogens is 428 g/mol. The summed E-state index contributed by atoms with van der Waals surface area (Å²) in [5, 5.41) is 1.83. The second kappa shape index (κ2) is 10.0. The largest absolute Gasteiger partial charge is 0.497 e. The van der Waals surface area contributed by atoms with Gasteiger partial charge in [-0.15, -0.1) is 4.83 Å². The number of benzene rings is 2. The predicted molar refractivity (Wildman–Crippen MR) is 121 cm³/mol. The first-order chi connectivity index (χ1) is 15.5. The number of carbonyl (C=O) groups is 1. The number of ketones is 1. The van der Waals surface area contributed by atoms with Crippen LogP contribution in [0.1, 0.15) is 48.9 Å². The van der Waals surface area contributed by atoms with Gasteiger partial charge in [-0.05, 0) is 87.1 Å². The minimum Gasteiger partial charge on any atom is -0.497 e. The Labute approximate surface area is 189 Å². The van der Waals surface area contributed by atoms with Crippen LogP contribution in [0.2, 0.25) is 0 Å². The Balaban J connectivity index is 1.23. The highest BCUT2D eigenvalue weighted by atomic mass is 32.2. The van der Waals surface area contributed by atoms with Gasteiger partial charge in [-0.3, -0.25) is 4.79 Å². The lowest BCUT2D eigenvalue weighted by atomic mass is 10.1. The lowest BCUT2D eigenvalue weighted by molar-refractivity contribution is 0.0967. The minimum absolute atomic E-state index is 0.144. The molecule has 0 radical (unpaired) electrons. The summed E-state index contributed by atoms with van der Waals surface area (Å²) in [7, 11) is -2.08. The first-order valence-electron chi connectivity index (χ1n) is 11.2. The molecule has 0 bridgehead atoms. The fraction of sp³-hybridized carbons (Fsp3) is 0.458. The zero-order valence-electron chi connectivity index (χ0n) is 18.3. The number of nitrogens with one attached hydrogen (secondary N) is 1. The molecule has 1 heterocycles. The molecule has 1 atom stereocenters. The molecule has 1 saturated heterocycles. The van der Waals surface area contributed by atoms with Crippen LogP contribution >= 0.6 is 0 Å². The number of ether oxygens (including phenoxy) is 2. The normalized spacial score (nSPS) is 19.1. The van der Waals surface area contributed by atoms with Crippen molar-refractivity contribution >= 4 is 15.8 Å². The number of hydrazine groups is 1. The van der Waals surface area contributed by atoms with E-state index in [0.29, 0.717) is 18.9 Å². The first-order valence-corrected chi connectivity index (χ1v) is 12.6. The fourth-order valence-corrected chi connectivity index (χ4v) is 5.17. The van der Waals surface area contributed by atoms with E-state index in [2.05, 4.69) is 4.83 Å². The van der Waals surface area contributed by atoms with Crippen molar-refractivity contribution < 1.29 is 22.7 Å². The van der Waals surface area contributed by atoms with Crippen LogP contribution in [0, 0.1) is 5.92 Å². The molecule has 0 unspecified atom stereocenters. The molecule has 1 aliphatic carbocycles. The quantitative estimate of drug-likeness (QED) is 0.407. The Morgan fingerprint density at radius 1 is 1.03 bits per heavy atom. The van der Waals surface area contributed by atoms with Gasteiger partial charge >= 0.3 is 0 Å². The van der Waals surface area contributed by atoms with Gasteiger partial charge in [0.15, 0.2) is 5.78 Å². The van der Waals surface area contributed by atoms with E-state index in [9.17, 15) is 13.2 Å². The number of sulfonamides is 1. The van der Waals surface area contributed by atoms with E-state index in [0.717, 1.165) is 49.8 Å². The molecule has 1 N–H and O–H groups in total. The Hall–Kier alpha value is -2.42. The van der Waals surface area contributed by atoms with Crippen molar-refractivity contribution in [3.63, 3.8) is 0 Å². The zero-order chi connectivity index (χ0) is 22.6. The number of carbonyl (C=O) groups excluding carboxylic acids is 1. The molecule has 0 aromatic heterocycles. The lowest BCUT2D eigenvalue weighted by Gasteiger charge is -2.25. The van der Waals surface area contributed by atoms with E-state index in [1.807, 2.05) is 29.3 Å². The molecular formula is C24H30N2O5S. The summed E-state index contributed by atoms with van der Waals surface area (Å²) in [5.41, 5.74) is 0.755. The number of nitrogens with zero attached hydrogens (tertiary/aromatic N) is 1. The Morgan fingerprint density at radius 3 is 2.38 bits per heavy atom. The molecule has 172 valence electrons. The maximum absolute atomic E-state index is 12.7. The van der Waals surface area contributed by atoms with Crippen LogP contribution in [0.15, 0.2) is 53.4 Å². The van der Waals surface area contributed by atoms with Crippen LogP contribution in [0.3, 0.4) is 0 Å². The molecule has 32 heavy (non-hydrogen) atoms. The third-order valence-electron chi connectivity index (χ3n) is 6.02. The Kier molecular flexibility index (Phi) is 7.13. The van der Waals surface area contributed by atoms with Gasteiger partial charge in [0.2, 0.25) is 0 Å². The highest BCUT2D eigenvalue weighted by Gasteiger charge is 2.30. The van der Waals surface area contributed by atoms with Crippen molar-refractivity contribution in [3.05, 3.63) is 54.1 Å². The summed E-state index contributed by atoms with van der Waals surface area (Å²) in [6.07, 6.45) is 5.56. The molecule has 0 amide bonds. The van der Waals surface area contributed by atoms with E-state index in [1.165, 1.54) is 0 Å². The van der Waals surface area contributed by atoms with Crippen LogP contribution < -0.4 is 14.3 Å². The molecule has 2 aromatic rings. The lowest BCUT2D eigenvalue weighted by Crippen LogP contribution is -2.45. The van der Waals surface area contributed by atoms with E-state index < -0.39 is 10.0 Å². The van der Waals surface area contributed by atoms with E-state index in [4.69, 9.17) is 9.47 Å². The van der Waals surface area contributed by atoms with Crippen LogP contribution in [-0.2, 0) is 10.0 Å². The second-order valence-corrected chi connectivity index (χ2v) is 10.1. The maximum Gasteiger partial charge on any atom is 0.253 e. The molecule has 4 rings (SSSR count). The number of rotatable bonds is 11. The van der Waals surface area contributed by atoms with Gasteiger partial charge in [0.25, 0.3) is 10.0 Å². The monoisotopic (exact) mass is 458 g/mol. The minimum atomic E-state index is -3.63. The highest BCUT2D eigenvalue weighted by molar-refractivity contribution is 7.89. The van der Waals surface area contributed by atoms with Gasteiger partial charge in [0.1, 0.15) is 11.5 Å². The van der Waals surface area contributed by atoms with Crippen molar-refractivity contribution in [1.82, 2.24) is 9.84 Å². The van der Waals surface area contributed by atoms with Crippen LogP contribution in [0.5, 0.6) is 11.5 Å². The van der Waals surface area contributed by atoms with Crippen molar-refractivity contribution in [2.24, 2.45) is 5.92 Å². The fourth-order valence-electron chi connectivity index (χ4n) is 4.02. The third kappa shape index (κ3) is 5.68. The summed E-state index contributed by atoms with van der Waals surface area (Å²) in [5.74, 6) is 1.82. The van der Waals surface area contributed by atoms with Crippen molar-refractivity contribution in [1.29, 1.82) is 0 Å². The molecule has 1 aliphatic heterocycles. The topological polar surface area (TPSA) is 84.9 Å². The summed E-state index contributed by atoms with van der Waals surface area (Å²) >= 11 is 0. The number of hydrogen-bond donors (Lipinski definition) is 1. The van der Waals surface area contributed by atoms with Gasteiger partial charge in [-0.25, -0.2) is 13.4 Å². The second-order valence-electron chi connectivity index (χ2n) is 8.41. The van der Waals surface area contributed by atoms with Crippen molar-refractivity contribution in [2.75, 3.05) is 20.3 Å². The van der Waals surface area contributed by atoms with Gasteiger partial charge in [0.05, 0.1) is 18.6 Å². The van der Waals surface area contributed by atoms with Gasteiger partial charge in [0, 0.05) is 24.1 Å². The smallest absolute Gasteiger partial charge is 0.253 e. The van der Waals surface area contributed by atoms with Gasteiger partial charge in [-0.2, -0.15) is 0 Å². The molecule has 0 spiro atoms. The third-order valence-corrected chi connectivity index (χ3v) is 7.39. The van der Waals surface area contributed by atoms with E-state index in [-0.39, 0.29) is 22.6 Å². The summed E-state index contributed by atoms with van der Waals surface area (Å²) in [6, 6.07) is 13.9. The van der Waals surface area contributed by atoms with Crippen LogP contribution in [-0.4, -0.2) is 45.5 Å². The SMILES string of the molecule is COc1ccc(S(=O)(=O)NN2CCC[C@@H]2CCCOc2ccc(C(=O)C3CC3)cc2)cc1. The molecule has 1 saturated carbocycles. The summed E-state index contributed by atoms with van der Waals surface area (Å²) in [6.45, 7) is 1.24. The molecule has 2 aromatic carbocycles. The zero-order valence-corrected chi connectivity index (χ0v) is 19.1. The van der Waals surface area contributed by atoms with E-state index >= 15 is 0 Å². The molecule has 8 heteroatoms. The summed E-state index contributed by atoms with van der Waals surface area (Å²) < 4.78 is 36.4. The van der Waals surface area contributed by atoms with Gasteiger partial charge in [-0.1, -0.05) is 0 Å². The average Bonchev–Trinajstić information content (AvgIpc) is 3.57. The Bertz CT molecular complexity index is 1020. The van der Waals surface area contributed by atoms with Crippen molar-refractivity contribution in [3.8, 4) is 11.5 Å². The highest BCUT2D eigenvalue weighted by Crippen LogP contribution is 2.33. The summed E-state index contributed by atoms with van der Waals surface area (Å²) in [4.78, 5) is 15.0. The van der Waals surface area contributed by atoms with E-state index in [1.54, 1.807) is 31.4 Å². The van der Waals surface area contributed by atoms with Crippen LogP contribution in [0.4, 0.5) is 0 Å².